The van der Waals surface area contributed by atoms with Gasteiger partial charge < -0.3 is 14.5 Å². The SMILES string of the molecule is CCc1cc(CC)c(N2CCC(N3CCN(C)CC3)CC2)nc1OC. The van der Waals surface area contributed by atoms with Gasteiger partial charge in [0.2, 0.25) is 5.88 Å². The van der Waals surface area contributed by atoms with Gasteiger partial charge in [0.25, 0.3) is 0 Å². The molecule has 2 saturated heterocycles. The summed E-state index contributed by atoms with van der Waals surface area (Å²) in [5.74, 6) is 1.95. The van der Waals surface area contributed by atoms with E-state index < -0.39 is 0 Å². The number of piperidine rings is 1. The van der Waals surface area contributed by atoms with Gasteiger partial charge in [-0.05, 0) is 44.4 Å². The number of hydrogen-bond donors (Lipinski definition) is 0. The first-order valence-electron chi connectivity index (χ1n) is 9.90. The monoisotopic (exact) mass is 346 g/mol. The van der Waals surface area contributed by atoms with E-state index in [1.165, 1.54) is 50.1 Å². The fourth-order valence-electron chi connectivity index (χ4n) is 4.17. The van der Waals surface area contributed by atoms with Crippen LogP contribution in [-0.2, 0) is 12.8 Å². The Morgan fingerprint density at radius 1 is 1.00 bits per heavy atom. The van der Waals surface area contributed by atoms with Crippen molar-refractivity contribution < 1.29 is 4.74 Å². The molecule has 2 aliphatic heterocycles. The third kappa shape index (κ3) is 4.09. The molecule has 5 nitrogen and oxygen atoms in total. The standard InChI is InChI=1S/C20H34N4O/c1-5-16-15-17(6-2)20(25-4)21-19(16)24-9-7-18(8-10-24)23-13-11-22(3)12-14-23/h15,18H,5-14H2,1-4H3. The maximum Gasteiger partial charge on any atom is 0.218 e. The molecule has 1 aromatic heterocycles. The molecule has 140 valence electrons. The van der Waals surface area contributed by atoms with Crippen LogP contribution in [0.25, 0.3) is 0 Å². The number of aryl methyl sites for hydroxylation is 2. The normalized spacial score (nSPS) is 20.9. The van der Waals surface area contributed by atoms with Gasteiger partial charge in [-0.25, -0.2) is 0 Å². The van der Waals surface area contributed by atoms with Gasteiger partial charge in [0.1, 0.15) is 5.82 Å². The Kier molecular flexibility index (Phi) is 6.18. The minimum atomic E-state index is 0.742. The zero-order chi connectivity index (χ0) is 17.8. The quantitative estimate of drug-likeness (QED) is 0.817. The maximum absolute atomic E-state index is 5.54. The molecule has 0 radical (unpaired) electrons. The summed E-state index contributed by atoms with van der Waals surface area (Å²) in [7, 11) is 3.96. The number of likely N-dealkylation sites (N-methyl/N-ethyl adjacent to an activating group) is 1. The van der Waals surface area contributed by atoms with Gasteiger partial charge >= 0.3 is 0 Å². The second kappa shape index (κ2) is 8.37. The average Bonchev–Trinajstić information content (AvgIpc) is 2.67. The topological polar surface area (TPSA) is 31.8 Å². The van der Waals surface area contributed by atoms with Crippen molar-refractivity contribution in [1.82, 2.24) is 14.8 Å². The first-order valence-corrected chi connectivity index (χ1v) is 9.90. The van der Waals surface area contributed by atoms with Crippen LogP contribution in [0, 0.1) is 0 Å². The van der Waals surface area contributed by atoms with E-state index in [1.807, 2.05) is 0 Å². The van der Waals surface area contributed by atoms with E-state index in [0.29, 0.717) is 0 Å². The lowest BCUT2D eigenvalue weighted by molar-refractivity contribution is 0.0981. The highest BCUT2D eigenvalue weighted by atomic mass is 16.5. The summed E-state index contributed by atoms with van der Waals surface area (Å²) in [6.45, 7) is 11.5. The number of anilines is 1. The number of nitrogens with zero attached hydrogens (tertiary/aromatic N) is 4. The Morgan fingerprint density at radius 3 is 2.20 bits per heavy atom. The van der Waals surface area contributed by atoms with Crippen LogP contribution in [0.5, 0.6) is 5.88 Å². The Labute approximate surface area is 153 Å². The van der Waals surface area contributed by atoms with Gasteiger partial charge in [-0.15, -0.1) is 0 Å². The van der Waals surface area contributed by atoms with Crippen LogP contribution in [0.3, 0.4) is 0 Å². The fraction of sp³-hybridized carbons (Fsp3) is 0.750. The van der Waals surface area contributed by atoms with E-state index in [2.05, 4.69) is 41.7 Å². The smallest absolute Gasteiger partial charge is 0.218 e. The van der Waals surface area contributed by atoms with Gasteiger partial charge in [0.05, 0.1) is 7.11 Å². The van der Waals surface area contributed by atoms with Crippen molar-refractivity contribution in [1.29, 1.82) is 0 Å². The van der Waals surface area contributed by atoms with Crippen molar-refractivity contribution in [3.8, 4) is 5.88 Å². The van der Waals surface area contributed by atoms with Crippen LogP contribution in [-0.4, -0.2) is 74.3 Å². The summed E-state index contributed by atoms with van der Waals surface area (Å²) in [6, 6.07) is 3.04. The molecule has 3 heterocycles. The number of pyridine rings is 1. The number of hydrogen-bond acceptors (Lipinski definition) is 5. The molecule has 5 heteroatoms. The molecule has 2 aliphatic rings. The molecule has 0 N–H and O–H groups in total. The van der Waals surface area contributed by atoms with E-state index in [0.717, 1.165) is 43.7 Å². The minimum Gasteiger partial charge on any atom is -0.481 e. The molecule has 0 aromatic carbocycles. The molecule has 0 amide bonds. The average molecular weight is 347 g/mol. The molecule has 0 bridgehead atoms. The van der Waals surface area contributed by atoms with E-state index in [9.17, 15) is 0 Å². The first kappa shape index (κ1) is 18.5. The fourth-order valence-corrected chi connectivity index (χ4v) is 4.17. The highest BCUT2D eigenvalue weighted by Crippen LogP contribution is 2.29. The Balaban J connectivity index is 1.68. The third-order valence-electron chi connectivity index (χ3n) is 5.89. The zero-order valence-electron chi connectivity index (χ0n) is 16.4. The predicted octanol–water partition coefficient (Wildman–Crippen LogP) is 2.43. The predicted molar refractivity (Wildman–Crippen MR) is 104 cm³/mol. The number of methoxy groups -OCH3 is 1. The molecule has 0 atom stereocenters. The molecule has 0 unspecified atom stereocenters. The maximum atomic E-state index is 5.54. The molecular formula is C20H34N4O. The van der Waals surface area contributed by atoms with Gasteiger partial charge in [0.15, 0.2) is 0 Å². The van der Waals surface area contributed by atoms with Crippen molar-refractivity contribution in [3.63, 3.8) is 0 Å². The van der Waals surface area contributed by atoms with Crippen LogP contribution in [0.2, 0.25) is 0 Å². The lowest BCUT2D eigenvalue weighted by atomic mass is 10.0. The van der Waals surface area contributed by atoms with Gasteiger partial charge in [-0.3, -0.25) is 4.90 Å². The number of aromatic nitrogens is 1. The molecule has 1 aromatic rings. The molecule has 2 fully saturated rings. The Morgan fingerprint density at radius 2 is 1.64 bits per heavy atom. The lowest BCUT2D eigenvalue weighted by Crippen LogP contribution is -2.52. The molecule has 25 heavy (non-hydrogen) atoms. The van der Waals surface area contributed by atoms with Crippen LogP contribution in [0.4, 0.5) is 5.82 Å². The summed E-state index contributed by atoms with van der Waals surface area (Å²) in [5.41, 5.74) is 2.58. The summed E-state index contributed by atoms with van der Waals surface area (Å²) in [6.07, 6.45) is 4.48. The molecular weight excluding hydrogens is 312 g/mol. The van der Waals surface area contributed by atoms with Crippen LogP contribution >= 0.6 is 0 Å². The Bertz CT molecular complexity index is 561. The van der Waals surface area contributed by atoms with E-state index >= 15 is 0 Å². The molecule has 3 rings (SSSR count). The first-order chi connectivity index (χ1) is 12.2. The third-order valence-corrected chi connectivity index (χ3v) is 5.89. The molecule has 0 aliphatic carbocycles. The van der Waals surface area contributed by atoms with Crippen molar-refractivity contribution in [2.24, 2.45) is 0 Å². The largest absolute Gasteiger partial charge is 0.481 e. The Hall–Kier alpha value is -1.33. The second-order valence-electron chi connectivity index (χ2n) is 7.40. The van der Waals surface area contributed by atoms with E-state index in [-0.39, 0.29) is 0 Å². The van der Waals surface area contributed by atoms with Gasteiger partial charge in [-0.1, -0.05) is 13.8 Å². The van der Waals surface area contributed by atoms with Crippen molar-refractivity contribution >= 4 is 5.82 Å². The van der Waals surface area contributed by atoms with Gasteiger partial charge in [0, 0.05) is 50.9 Å². The summed E-state index contributed by atoms with van der Waals surface area (Å²) < 4.78 is 5.54. The highest BCUT2D eigenvalue weighted by molar-refractivity contribution is 5.52. The molecule has 0 spiro atoms. The van der Waals surface area contributed by atoms with E-state index in [4.69, 9.17) is 9.72 Å². The van der Waals surface area contributed by atoms with Crippen LogP contribution in [0.15, 0.2) is 6.07 Å². The van der Waals surface area contributed by atoms with Crippen molar-refractivity contribution in [3.05, 3.63) is 17.2 Å². The summed E-state index contributed by atoms with van der Waals surface area (Å²) in [4.78, 5) is 12.5. The van der Waals surface area contributed by atoms with Crippen molar-refractivity contribution in [2.75, 3.05) is 58.3 Å². The lowest BCUT2D eigenvalue weighted by Gasteiger charge is -2.42. The zero-order valence-corrected chi connectivity index (χ0v) is 16.4. The second-order valence-corrected chi connectivity index (χ2v) is 7.40. The van der Waals surface area contributed by atoms with Crippen LogP contribution < -0.4 is 9.64 Å². The highest BCUT2D eigenvalue weighted by Gasteiger charge is 2.28. The van der Waals surface area contributed by atoms with E-state index in [1.54, 1.807) is 7.11 Å². The number of ether oxygens (including phenoxy) is 1. The minimum absolute atomic E-state index is 0.742. The van der Waals surface area contributed by atoms with Gasteiger partial charge in [-0.2, -0.15) is 4.98 Å². The van der Waals surface area contributed by atoms with Crippen LogP contribution in [0.1, 0.15) is 37.8 Å². The number of rotatable bonds is 5. The summed E-state index contributed by atoms with van der Waals surface area (Å²) in [5, 5.41) is 0. The summed E-state index contributed by atoms with van der Waals surface area (Å²) >= 11 is 0. The number of piperazine rings is 1. The van der Waals surface area contributed by atoms with Crippen molar-refractivity contribution in [2.45, 2.75) is 45.6 Å². The molecule has 0 saturated carbocycles.